The van der Waals surface area contributed by atoms with Crippen molar-refractivity contribution in [3.63, 3.8) is 0 Å². The highest BCUT2D eigenvalue weighted by Gasteiger charge is 2.12. The van der Waals surface area contributed by atoms with Crippen molar-refractivity contribution < 1.29 is 5.11 Å². The fourth-order valence-corrected chi connectivity index (χ4v) is 2.74. The van der Waals surface area contributed by atoms with E-state index in [4.69, 9.17) is 0 Å². The highest BCUT2D eigenvalue weighted by atomic mass is 28.2. The Kier molecular flexibility index (Phi) is 8.98. The first-order valence-corrected chi connectivity index (χ1v) is 9.27. The van der Waals surface area contributed by atoms with E-state index in [-0.39, 0.29) is 0 Å². The number of phenolic OH excluding ortho intramolecular Hbond substituents is 1. The molecule has 0 aromatic heterocycles. The summed E-state index contributed by atoms with van der Waals surface area (Å²) in [7, 11) is 0.533. The lowest BCUT2D eigenvalue weighted by atomic mass is 9.91. The fraction of sp³-hybridized carbons (Fsp3) is 0.647. The zero-order valence-electron chi connectivity index (χ0n) is 13.6. The van der Waals surface area contributed by atoms with Gasteiger partial charge in [0, 0.05) is 5.56 Å². The first-order chi connectivity index (χ1) is 10.2. The van der Waals surface area contributed by atoms with E-state index in [1.165, 1.54) is 25.7 Å². The number of hydrogen-bond donors (Lipinski definition) is 1. The van der Waals surface area contributed by atoms with Gasteiger partial charge in [0.2, 0.25) is 9.68 Å². The van der Waals surface area contributed by atoms with Crippen molar-refractivity contribution in [2.45, 2.75) is 65.5 Å². The average Bonchev–Trinajstić information content (AvgIpc) is 2.50. The molecule has 2 radical (unpaired) electrons. The minimum Gasteiger partial charge on any atom is -0.507 e. The molecule has 116 valence electrons. The van der Waals surface area contributed by atoms with Crippen molar-refractivity contribution >= 4 is 9.68 Å². The summed E-state index contributed by atoms with van der Waals surface area (Å²) >= 11 is 0. The Balaban J connectivity index is 2.70. The Labute approximate surface area is 131 Å². The summed E-state index contributed by atoms with van der Waals surface area (Å²) in [5.74, 6) is 1.08. The first kappa shape index (κ1) is 17.9. The van der Waals surface area contributed by atoms with Crippen LogP contribution in [0.4, 0.5) is 0 Å². The molecule has 1 aromatic carbocycles. The Morgan fingerprint density at radius 2 is 1.95 bits per heavy atom. The summed E-state index contributed by atoms with van der Waals surface area (Å²) in [4.78, 5) is 0. The number of benzene rings is 1. The molecule has 4 heteroatoms. The van der Waals surface area contributed by atoms with Gasteiger partial charge < -0.3 is 5.11 Å². The zero-order chi connectivity index (χ0) is 15.5. The van der Waals surface area contributed by atoms with Crippen LogP contribution in [-0.2, 0) is 13.0 Å². The molecule has 0 aliphatic heterocycles. The maximum atomic E-state index is 10.4. The van der Waals surface area contributed by atoms with E-state index in [0.29, 0.717) is 27.9 Å². The van der Waals surface area contributed by atoms with Gasteiger partial charge in [0.15, 0.2) is 0 Å². The van der Waals surface area contributed by atoms with Crippen LogP contribution in [0.2, 0.25) is 6.04 Å². The summed E-state index contributed by atoms with van der Waals surface area (Å²) in [5.41, 5.74) is 1.95. The molecule has 0 aliphatic rings. The lowest BCUT2D eigenvalue weighted by molar-refractivity contribution is 0.423. The standard InChI is InChI=1S/C17H28N2OSi/c1-4-7-9-14(5-2)12-15-10-8-11-16(17(15)20)13-18-19-21-6-3/h8,10-11,14,20H,4-7,9,12-13H2,1-3H3. The quantitative estimate of drug-likeness (QED) is 0.471. The monoisotopic (exact) mass is 304 g/mol. The molecule has 1 aromatic rings. The van der Waals surface area contributed by atoms with E-state index < -0.39 is 0 Å². The van der Waals surface area contributed by atoms with Gasteiger partial charge in [0.05, 0.1) is 6.54 Å². The van der Waals surface area contributed by atoms with Gasteiger partial charge in [-0.3, -0.25) is 0 Å². The fourth-order valence-electron chi connectivity index (χ4n) is 2.42. The van der Waals surface area contributed by atoms with Crippen LogP contribution in [0.1, 0.15) is 57.6 Å². The van der Waals surface area contributed by atoms with Crippen LogP contribution in [0.3, 0.4) is 0 Å². The molecule has 3 nitrogen and oxygen atoms in total. The molecule has 0 amide bonds. The maximum Gasteiger partial charge on any atom is 0.241 e. The molecule has 0 spiro atoms. The lowest BCUT2D eigenvalue weighted by Gasteiger charge is -2.16. The summed E-state index contributed by atoms with van der Waals surface area (Å²) in [6, 6.07) is 7.04. The summed E-state index contributed by atoms with van der Waals surface area (Å²) in [5, 5.41) is 14.6. The highest BCUT2D eigenvalue weighted by molar-refractivity contribution is 6.32. The molecule has 0 saturated carbocycles. The van der Waals surface area contributed by atoms with Gasteiger partial charge in [-0.05, 0) is 23.9 Å². The molecule has 0 fully saturated rings. The molecule has 1 N–H and O–H groups in total. The number of aromatic hydroxyl groups is 1. The number of unbranched alkanes of at least 4 members (excludes halogenated alkanes) is 1. The van der Waals surface area contributed by atoms with Crippen molar-refractivity contribution in [2.75, 3.05) is 0 Å². The number of hydrogen-bond acceptors (Lipinski definition) is 3. The molecular weight excluding hydrogens is 276 g/mol. The number of phenols is 1. The second kappa shape index (κ2) is 10.5. The minimum absolute atomic E-state index is 0.422. The van der Waals surface area contributed by atoms with Crippen LogP contribution < -0.4 is 0 Å². The van der Waals surface area contributed by atoms with Gasteiger partial charge in [-0.15, -0.1) is 0 Å². The van der Waals surface area contributed by atoms with E-state index >= 15 is 0 Å². The topological polar surface area (TPSA) is 45.0 Å². The SMILES string of the molecule is CCCCC(CC)Cc1cccc(CN=N[Si]CC)c1O. The van der Waals surface area contributed by atoms with Crippen LogP contribution in [-0.4, -0.2) is 14.8 Å². The minimum atomic E-state index is 0.422. The van der Waals surface area contributed by atoms with E-state index in [0.717, 1.165) is 23.6 Å². The molecule has 21 heavy (non-hydrogen) atoms. The van der Waals surface area contributed by atoms with E-state index in [1.807, 2.05) is 18.2 Å². The summed E-state index contributed by atoms with van der Waals surface area (Å²) in [6.07, 6.45) is 5.88. The van der Waals surface area contributed by atoms with Crippen molar-refractivity contribution in [3.05, 3.63) is 29.3 Å². The average molecular weight is 305 g/mol. The van der Waals surface area contributed by atoms with Crippen LogP contribution in [0.5, 0.6) is 5.75 Å². The summed E-state index contributed by atoms with van der Waals surface area (Å²) in [6.45, 7) is 7.04. The van der Waals surface area contributed by atoms with Gasteiger partial charge >= 0.3 is 0 Å². The van der Waals surface area contributed by atoms with Crippen LogP contribution in [0.25, 0.3) is 0 Å². The third-order valence-electron chi connectivity index (χ3n) is 3.80. The largest absolute Gasteiger partial charge is 0.507 e. The highest BCUT2D eigenvalue weighted by Crippen LogP contribution is 2.28. The molecule has 1 rings (SSSR count). The zero-order valence-corrected chi connectivity index (χ0v) is 14.6. The van der Waals surface area contributed by atoms with Crippen LogP contribution in [0.15, 0.2) is 28.1 Å². The molecule has 1 unspecified atom stereocenters. The van der Waals surface area contributed by atoms with Crippen molar-refractivity contribution in [2.24, 2.45) is 15.8 Å². The number of para-hydroxylation sites is 1. The first-order valence-electron chi connectivity index (χ1n) is 8.11. The van der Waals surface area contributed by atoms with Gasteiger partial charge in [-0.1, -0.05) is 64.7 Å². The van der Waals surface area contributed by atoms with Crippen molar-refractivity contribution in [3.8, 4) is 5.75 Å². The van der Waals surface area contributed by atoms with Gasteiger partial charge in [-0.2, -0.15) is 5.11 Å². The Morgan fingerprint density at radius 1 is 1.19 bits per heavy atom. The maximum absolute atomic E-state index is 10.4. The normalized spacial score (nSPS) is 12.9. The van der Waals surface area contributed by atoms with E-state index in [1.54, 1.807) is 0 Å². The Hall–Kier alpha value is -1.16. The second-order valence-corrected chi connectivity index (χ2v) is 6.68. The molecule has 0 aliphatic carbocycles. The molecule has 0 bridgehead atoms. The number of nitrogens with zero attached hydrogens (tertiary/aromatic N) is 2. The van der Waals surface area contributed by atoms with E-state index in [9.17, 15) is 5.11 Å². The van der Waals surface area contributed by atoms with Gasteiger partial charge in [-0.25, -0.2) is 4.78 Å². The van der Waals surface area contributed by atoms with Gasteiger partial charge in [0.25, 0.3) is 0 Å². The molecule has 1 atom stereocenters. The van der Waals surface area contributed by atoms with Crippen molar-refractivity contribution in [1.29, 1.82) is 0 Å². The van der Waals surface area contributed by atoms with Crippen LogP contribution in [0, 0.1) is 5.92 Å². The van der Waals surface area contributed by atoms with E-state index in [2.05, 4.69) is 30.7 Å². The smallest absolute Gasteiger partial charge is 0.241 e. The van der Waals surface area contributed by atoms with Gasteiger partial charge in [0.1, 0.15) is 5.75 Å². The lowest BCUT2D eigenvalue weighted by Crippen LogP contribution is -2.04. The third-order valence-corrected chi connectivity index (χ3v) is 4.39. The predicted molar refractivity (Wildman–Crippen MR) is 89.9 cm³/mol. The summed E-state index contributed by atoms with van der Waals surface area (Å²) < 4.78 is 4.12. The predicted octanol–water partition coefficient (Wildman–Crippen LogP) is 5.16. The second-order valence-electron chi connectivity index (χ2n) is 5.46. The number of rotatable bonds is 10. The molecule has 0 saturated heterocycles. The molecular formula is C17H28N2OSi. The molecule has 0 heterocycles. The third kappa shape index (κ3) is 6.42. The Morgan fingerprint density at radius 3 is 2.62 bits per heavy atom. The van der Waals surface area contributed by atoms with Crippen molar-refractivity contribution in [1.82, 2.24) is 0 Å². The Bertz CT molecular complexity index is 435. The van der Waals surface area contributed by atoms with Crippen LogP contribution >= 0.6 is 0 Å².